The van der Waals surface area contributed by atoms with Crippen LogP contribution in [0.5, 0.6) is 0 Å². The Morgan fingerprint density at radius 1 is 1.65 bits per heavy atom. The number of ether oxygens (including phenoxy) is 1. The van der Waals surface area contributed by atoms with Crippen molar-refractivity contribution in [3.05, 3.63) is 0 Å². The number of aliphatic hydroxyl groups excluding tert-OH is 1. The van der Waals surface area contributed by atoms with Crippen LogP contribution in [0.25, 0.3) is 0 Å². The van der Waals surface area contributed by atoms with Crippen molar-refractivity contribution < 1.29 is 23.1 Å². The van der Waals surface area contributed by atoms with Crippen LogP contribution < -0.4 is 4.72 Å². The van der Waals surface area contributed by atoms with E-state index in [1.165, 1.54) is 0 Å². The number of nitrogens with zero attached hydrogens (tertiary/aromatic N) is 1. The average Bonchev–Trinajstić information content (AvgIpc) is 2.65. The standard InChI is InChI=1S/C9H18N2O5S/c1-3-16-9(13)10-17(14,15)11-5-4-8(6-11)7(2)12/h7-8,12H,3-6H2,1-2H3,(H,10,13). The maximum atomic E-state index is 11.7. The molecule has 2 unspecified atom stereocenters. The van der Waals surface area contributed by atoms with Crippen LogP contribution in [0.4, 0.5) is 4.79 Å². The van der Waals surface area contributed by atoms with Gasteiger partial charge in [-0.05, 0) is 26.2 Å². The summed E-state index contributed by atoms with van der Waals surface area (Å²) in [5.41, 5.74) is 0. The third-order valence-electron chi connectivity index (χ3n) is 2.70. The fourth-order valence-electron chi connectivity index (χ4n) is 1.70. The molecule has 100 valence electrons. The van der Waals surface area contributed by atoms with Gasteiger partial charge >= 0.3 is 16.3 Å². The van der Waals surface area contributed by atoms with Crippen molar-refractivity contribution in [3.63, 3.8) is 0 Å². The molecule has 2 atom stereocenters. The number of nitrogens with one attached hydrogen (secondary N) is 1. The molecule has 1 saturated heterocycles. The van der Waals surface area contributed by atoms with Gasteiger partial charge in [-0.15, -0.1) is 0 Å². The largest absolute Gasteiger partial charge is 0.449 e. The van der Waals surface area contributed by atoms with Crippen molar-refractivity contribution in [1.82, 2.24) is 9.03 Å². The van der Waals surface area contributed by atoms with Gasteiger partial charge in [0.15, 0.2) is 0 Å². The molecular weight excluding hydrogens is 248 g/mol. The Labute approximate surface area is 101 Å². The zero-order valence-electron chi connectivity index (χ0n) is 9.92. The first-order valence-corrected chi connectivity index (χ1v) is 6.93. The van der Waals surface area contributed by atoms with E-state index in [9.17, 15) is 18.3 Å². The summed E-state index contributed by atoms with van der Waals surface area (Å²) >= 11 is 0. The first-order chi connectivity index (χ1) is 7.86. The zero-order valence-corrected chi connectivity index (χ0v) is 10.7. The van der Waals surface area contributed by atoms with Crippen LogP contribution in [0.3, 0.4) is 0 Å². The predicted octanol–water partition coefficient (Wildman–Crippen LogP) is -0.320. The summed E-state index contributed by atoms with van der Waals surface area (Å²) in [6.45, 7) is 3.83. The van der Waals surface area contributed by atoms with E-state index in [1.54, 1.807) is 13.8 Å². The van der Waals surface area contributed by atoms with E-state index in [1.807, 2.05) is 4.72 Å². The number of amides is 1. The van der Waals surface area contributed by atoms with Crippen LogP contribution in [0.2, 0.25) is 0 Å². The smallest absolute Gasteiger partial charge is 0.421 e. The van der Waals surface area contributed by atoms with Gasteiger partial charge in [0.25, 0.3) is 0 Å². The lowest BCUT2D eigenvalue weighted by molar-refractivity contribution is 0.132. The normalized spacial score (nSPS) is 23.4. The molecule has 1 aliphatic rings. The van der Waals surface area contributed by atoms with Gasteiger partial charge < -0.3 is 9.84 Å². The Hall–Kier alpha value is -0.860. The van der Waals surface area contributed by atoms with Crippen molar-refractivity contribution in [3.8, 4) is 0 Å². The van der Waals surface area contributed by atoms with E-state index in [0.29, 0.717) is 13.0 Å². The average molecular weight is 266 g/mol. The van der Waals surface area contributed by atoms with Crippen molar-refractivity contribution in [2.75, 3.05) is 19.7 Å². The molecular formula is C9H18N2O5S. The first-order valence-electron chi connectivity index (χ1n) is 5.49. The lowest BCUT2D eigenvalue weighted by Gasteiger charge is -2.17. The molecule has 0 saturated carbocycles. The quantitative estimate of drug-likeness (QED) is 0.727. The fraction of sp³-hybridized carbons (Fsp3) is 0.889. The number of rotatable bonds is 4. The van der Waals surface area contributed by atoms with Gasteiger partial charge in [0.05, 0.1) is 12.7 Å². The van der Waals surface area contributed by atoms with Crippen molar-refractivity contribution in [2.24, 2.45) is 5.92 Å². The third-order valence-corrected chi connectivity index (χ3v) is 4.13. The Kier molecular flexibility index (Phi) is 4.72. The van der Waals surface area contributed by atoms with Crippen molar-refractivity contribution >= 4 is 16.3 Å². The minimum Gasteiger partial charge on any atom is -0.449 e. The first kappa shape index (κ1) is 14.2. The highest BCUT2D eigenvalue weighted by atomic mass is 32.2. The lowest BCUT2D eigenvalue weighted by atomic mass is 10.0. The molecule has 0 bridgehead atoms. The van der Waals surface area contributed by atoms with Gasteiger partial charge in [0.1, 0.15) is 0 Å². The van der Waals surface area contributed by atoms with Gasteiger partial charge in [-0.2, -0.15) is 12.7 Å². The lowest BCUT2D eigenvalue weighted by Crippen LogP contribution is -2.43. The summed E-state index contributed by atoms with van der Waals surface area (Å²) in [6.07, 6.45) is -0.952. The molecule has 0 radical (unpaired) electrons. The van der Waals surface area contributed by atoms with Crippen molar-refractivity contribution in [2.45, 2.75) is 26.4 Å². The Morgan fingerprint density at radius 3 is 2.76 bits per heavy atom. The molecule has 17 heavy (non-hydrogen) atoms. The number of hydrogen-bond donors (Lipinski definition) is 2. The zero-order chi connectivity index (χ0) is 13.1. The summed E-state index contributed by atoms with van der Waals surface area (Å²) in [7, 11) is -3.85. The van der Waals surface area contributed by atoms with Gasteiger partial charge in [-0.1, -0.05) is 0 Å². The minimum atomic E-state index is -3.85. The molecule has 8 heteroatoms. The number of carbonyl (C=O) groups excluding carboxylic acids is 1. The van der Waals surface area contributed by atoms with Gasteiger partial charge in [0, 0.05) is 13.1 Å². The van der Waals surface area contributed by atoms with E-state index < -0.39 is 22.4 Å². The highest BCUT2D eigenvalue weighted by molar-refractivity contribution is 7.87. The summed E-state index contributed by atoms with van der Waals surface area (Å²) in [5.74, 6) is -0.0891. The molecule has 2 N–H and O–H groups in total. The third kappa shape index (κ3) is 3.83. The Bertz CT molecular complexity index is 368. The van der Waals surface area contributed by atoms with Crippen LogP contribution in [-0.4, -0.2) is 49.7 Å². The Balaban J connectivity index is 2.58. The van der Waals surface area contributed by atoms with Crippen LogP contribution >= 0.6 is 0 Å². The molecule has 1 aliphatic heterocycles. The minimum absolute atomic E-state index is 0.0891. The van der Waals surface area contributed by atoms with Crippen LogP contribution in [-0.2, 0) is 14.9 Å². The summed E-state index contributed by atoms with van der Waals surface area (Å²) in [5, 5.41) is 9.37. The highest BCUT2D eigenvalue weighted by Gasteiger charge is 2.34. The predicted molar refractivity (Wildman–Crippen MR) is 60.4 cm³/mol. The molecule has 0 aromatic rings. The second kappa shape index (κ2) is 5.65. The van der Waals surface area contributed by atoms with Crippen molar-refractivity contribution in [1.29, 1.82) is 0 Å². The summed E-state index contributed by atoms with van der Waals surface area (Å²) in [4.78, 5) is 11.0. The SMILES string of the molecule is CCOC(=O)NS(=O)(=O)N1CCC(C(C)O)C1. The van der Waals surface area contributed by atoms with Crippen LogP contribution in [0, 0.1) is 5.92 Å². The van der Waals surface area contributed by atoms with E-state index in [-0.39, 0.29) is 19.1 Å². The fourth-order valence-corrected chi connectivity index (χ4v) is 2.83. The molecule has 7 nitrogen and oxygen atoms in total. The molecule has 0 spiro atoms. The number of carbonyl (C=O) groups is 1. The topological polar surface area (TPSA) is 95.9 Å². The second-order valence-corrected chi connectivity index (χ2v) is 5.65. The monoisotopic (exact) mass is 266 g/mol. The molecule has 1 heterocycles. The molecule has 0 aromatic heterocycles. The van der Waals surface area contributed by atoms with Crippen LogP contribution in [0.15, 0.2) is 0 Å². The van der Waals surface area contributed by atoms with E-state index in [2.05, 4.69) is 4.74 Å². The number of aliphatic hydroxyl groups is 1. The number of hydrogen-bond acceptors (Lipinski definition) is 5. The molecule has 1 amide bonds. The van der Waals surface area contributed by atoms with Gasteiger partial charge in [0.2, 0.25) is 0 Å². The van der Waals surface area contributed by atoms with E-state index in [4.69, 9.17) is 0 Å². The second-order valence-electron chi connectivity index (χ2n) is 3.97. The molecule has 1 rings (SSSR count). The van der Waals surface area contributed by atoms with Gasteiger partial charge in [-0.3, -0.25) is 0 Å². The van der Waals surface area contributed by atoms with Gasteiger partial charge in [-0.25, -0.2) is 9.52 Å². The molecule has 1 fully saturated rings. The molecule has 0 aliphatic carbocycles. The van der Waals surface area contributed by atoms with E-state index in [0.717, 1.165) is 4.31 Å². The summed E-state index contributed by atoms with van der Waals surface area (Å²) in [6, 6.07) is 0. The van der Waals surface area contributed by atoms with Crippen LogP contribution in [0.1, 0.15) is 20.3 Å². The summed E-state index contributed by atoms with van der Waals surface area (Å²) < 4.78 is 30.9. The van der Waals surface area contributed by atoms with E-state index >= 15 is 0 Å². The maximum absolute atomic E-state index is 11.7. The maximum Gasteiger partial charge on any atom is 0.421 e. The Morgan fingerprint density at radius 2 is 2.29 bits per heavy atom. The molecule has 0 aromatic carbocycles. The highest BCUT2D eigenvalue weighted by Crippen LogP contribution is 2.21.